The van der Waals surface area contributed by atoms with Gasteiger partial charge in [-0.05, 0) is 214 Å². The highest BCUT2D eigenvalue weighted by atomic mass is 16.5. The Morgan fingerprint density at radius 3 is 1.12 bits per heavy atom. The molecule has 0 aliphatic rings. The van der Waals surface area contributed by atoms with Gasteiger partial charge in [0.05, 0.1) is 23.0 Å². The molecule has 0 bridgehead atoms. The molecule has 0 heterocycles. The van der Waals surface area contributed by atoms with Crippen LogP contribution in [0.3, 0.4) is 0 Å². The van der Waals surface area contributed by atoms with Crippen molar-refractivity contribution in [1.29, 1.82) is 0 Å². The highest BCUT2D eigenvalue weighted by Crippen LogP contribution is 2.43. The zero-order valence-electron chi connectivity index (χ0n) is 45.9. The number of rotatable bonds is 17. The fraction of sp³-hybridized carbons (Fsp3) is 0.500. The van der Waals surface area contributed by atoms with Crippen molar-refractivity contribution in [2.75, 3.05) is 6.61 Å². The molecular weight excluding hydrogens is 857 g/mol. The smallest absolute Gasteiger partial charge is 0.331 e. The van der Waals surface area contributed by atoms with Crippen LogP contribution >= 0.6 is 0 Å². The van der Waals surface area contributed by atoms with Crippen LogP contribution in [0.2, 0.25) is 0 Å². The van der Waals surface area contributed by atoms with Crippen molar-refractivity contribution in [2.24, 2.45) is 10.8 Å². The van der Waals surface area contributed by atoms with Crippen molar-refractivity contribution in [1.82, 2.24) is 0 Å². The minimum absolute atomic E-state index is 0.133. The first-order valence-corrected chi connectivity index (χ1v) is 25.3. The number of carbonyl (C=O) groups excluding carboxylic acids is 3. The molecule has 0 amide bonds. The lowest BCUT2D eigenvalue weighted by molar-refractivity contribution is -0.143. The summed E-state index contributed by atoms with van der Waals surface area (Å²) in [5, 5.41) is 10.8. The molecule has 376 valence electrons. The van der Waals surface area contributed by atoms with E-state index in [0.29, 0.717) is 30.9 Å². The average molecular weight is 943 g/mol. The SMILES string of the molecule is CCC(O)(/C=C(\C)c1ccc(C(CC)(CC)c2ccc(OC(=O)C(C)(C)C)c(C)c2)cc1C)CC.CCOC(=O)/C=C(\C)c1ccc(C(CC)(CC)c2ccc(OC(=O)C(C)(C)C)c(C)c2)cc1C. The van der Waals surface area contributed by atoms with Gasteiger partial charge in [0, 0.05) is 16.9 Å². The molecule has 0 saturated carbocycles. The standard InChI is InChI=1S/C32H46O3.C30H40O4/c1-11-31(34,12-2)21-24(7)27-17-15-25(19-22(27)5)32(13-3,14-4)26-16-18-28(23(6)20-26)35-29(33)30(8,9)10;1-10-30(11-2,24-14-16-26(22(6)18-24)34-28(32)29(7,8)9)23-13-15-25(20(4)17-23)21(5)19-27(31)33-12-3/h15-21,34H,11-14H2,1-10H3;13-19H,10-12H2,1-9H3/b24-21+;21-19+. The number of aliphatic hydroxyl groups is 1. The second-order valence-corrected chi connectivity index (χ2v) is 21.1. The maximum Gasteiger partial charge on any atom is 0.331 e. The van der Waals surface area contributed by atoms with E-state index in [1.165, 1.54) is 33.4 Å². The molecule has 7 heteroatoms. The van der Waals surface area contributed by atoms with Gasteiger partial charge in [0.2, 0.25) is 0 Å². The van der Waals surface area contributed by atoms with Crippen LogP contribution in [0.1, 0.15) is 198 Å². The highest BCUT2D eigenvalue weighted by molar-refractivity contribution is 5.91. The molecule has 1 N–H and O–H groups in total. The van der Waals surface area contributed by atoms with E-state index in [1.54, 1.807) is 13.0 Å². The van der Waals surface area contributed by atoms with Gasteiger partial charge in [-0.3, -0.25) is 9.59 Å². The Balaban J connectivity index is 0.000000365. The molecule has 0 saturated heterocycles. The Bertz CT molecular complexity index is 2470. The molecule has 0 aliphatic heterocycles. The molecule has 0 unspecified atom stereocenters. The second-order valence-electron chi connectivity index (χ2n) is 21.1. The number of benzene rings is 4. The summed E-state index contributed by atoms with van der Waals surface area (Å²) in [6.45, 7) is 38.5. The summed E-state index contributed by atoms with van der Waals surface area (Å²) in [4.78, 5) is 36.7. The number of aryl methyl sites for hydroxylation is 4. The lowest BCUT2D eigenvalue weighted by Gasteiger charge is -2.34. The van der Waals surface area contributed by atoms with Crippen LogP contribution in [-0.2, 0) is 30.0 Å². The lowest BCUT2D eigenvalue weighted by atomic mass is 9.69. The summed E-state index contributed by atoms with van der Waals surface area (Å²) in [6.07, 6.45) is 8.76. The van der Waals surface area contributed by atoms with E-state index >= 15 is 0 Å². The largest absolute Gasteiger partial charge is 0.463 e. The Morgan fingerprint density at radius 2 is 0.826 bits per heavy atom. The van der Waals surface area contributed by atoms with Gasteiger partial charge < -0.3 is 19.3 Å². The summed E-state index contributed by atoms with van der Waals surface area (Å²) in [6, 6.07) is 25.6. The van der Waals surface area contributed by atoms with E-state index in [4.69, 9.17) is 14.2 Å². The first-order valence-electron chi connectivity index (χ1n) is 25.3. The van der Waals surface area contributed by atoms with Gasteiger partial charge in [-0.15, -0.1) is 0 Å². The van der Waals surface area contributed by atoms with E-state index in [0.717, 1.165) is 59.1 Å². The second kappa shape index (κ2) is 24.0. The molecule has 69 heavy (non-hydrogen) atoms. The van der Waals surface area contributed by atoms with E-state index < -0.39 is 16.4 Å². The third kappa shape index (κ3) is 14.0. The number of ether oxygens (including phenoxy) is 3. The Hall–Kier alpha value is -5.27. The number of hydrogen-bond donors (Lipinski definition) is 1. The van der Waals surface area contributed by atoms with Crippen LogP contribution in [-0.4, -0.2) is 35.2 Å². The fourth-order valence-corrected chi connectivity index (χ4v) is 9.28. The van der Waals surface area contributed by atoms with Gasteiger partial charge in [0.1, 0.15) is 11.5 Å². The molecule has 0 aliphatic carbocycles. The van der Waals surface area contributed by atoms with Crippen molar-refractivity contribution in [3.05, 3.63) is 141 Å². The van der Waals surface area contributed by atoms with Crippen molar-refractivity contribution in [3.63, 3.8) is 0 Å². The Kier molecular flexibility index (Phi) is 20.2. The zero-order chi connectivity index (χ0) is 52.3. The van der Waals surface area contributed by atoms with E-state index in [-0.39, 0.29) is 28.7 Å². The quantitative estimate of drug-likeness (QED) is 0.0639. The molecule has 0 aromatic heterocycles. The molecular formula is C62H86O7. The van der Waals surface area contributed by atoms with Crippen molar-refractivity contribution in [3.8, 4) is 11.5 Å². The minimum Gasteiger partial charge on any atom is -0.463 e. The van der Waals surface area contributed by atoms with Gasteiger partial charge in [-0.1, -0.05) is 102 Å². The molecule has 4 rings (SSSR count). The zero-order valence-corrected chi connectivity index (χ0v) is 45.9. The summed E-state index contributed by atoms with van der Waals surface area (Å²) in [5.74, 6) is 0.455. The first-order chi connectivity index (χ1) is 32.2. The van der Waals surface area contributed by atoms with Crippen LogP contribution in [0.5, 0.6) is 11.5 Å². The van der Waals surface area contributed by atoms with E-state index in [1.807, 2.05) is 94.4 Å². The van der Waals surface area contributed by atoms with Gasteiger partial charge in [0.25, 0.3) is 0 Å². The number of hydrogen-bond acceptors (Lipinski definition) is 7. The van der Waals surface area contributed by atoms with Gasteiger partial charge >= 0.3 is 17.9 Å². The number of carbonyl (C=O) groups is 3. The number of esters is 3. The predicted molar refractivity (Wildman–Crippen MR) is 287 cm³/mol. The van der Waals surface area contributed by atoms with Crippen molar-refractivity contribution in [2.45, 2.75) is 187 Å². The monoisotopic (exact) mass is 943 g/mol. The third-order valence-corrected chi connectivity index (χ3v) is 14.2. The fourth-order valence-electron chi connectivity index (χ4n) is 9.28. The topological polar surface area (TPSA) is 99.1 Å². The van der Waals surface area contributed by atoms with Crippen LogP contribution in [0.4, 0.5) is 0 Å². The van der Waals surface area contributed by atoms with Crippen molar-refractivity contribution >= 4 is 29.1 Å². The van der Waals surface area contributed by atoms with Crippen LogP contribution in [0.25, 0.3) is 11.1 Å². The van der Waals surface area contributed by atoms with Crippen molar-refractivity contribution < 1.29 is 33.7 Å². The van der Waals surface area contributed by atoms with E-state index in [9.17, 15) is 19.5 Å². The van der Waals surface area contributed by atoms with Crippen LogP contribution in [0, 0.1) is 38.5 Å². The third-order valence-electron chi connectivity index (χ3n) is 14.2. The Morgan fingerprint density at radius 1 is 0.493 bits per heavy atom. The highest BCUT2D eigenvalue weighted by Gasteiger charge is 2.34. The summed E-state index contributed by atoms with van der Waals surface area (Å²) < 4.78 is 16.4. The molecule has 0 atom stereocenters. The lowest BCUT2D eigenvalue weighted by Crippen LogP contribution is -2.27. The molecule has 0 radical (unpaired) electrons. The molecule has 0 fully saturated rings. The molecule has 7 nitrogen and oxygen atoms in total. The molecule has 4 aromatic rings. The van der Waals surface area contributed by atoms with Gasteiger partial charge in [-0.25, -0.2) is 4.79 Å². The summed E-state index contributed by atoms with van der Waals surface area (Å²) in [7, 11) is 0. The molecule has 4 aromatic carbocycles. The van der Waals surface area contributed by atoms with Gasteiger partial charge in [0.15, 0.2) is 0 Å². The minimum atomic E-state index is -0.762. The number of allylic oxidation sites excluding steroid dienone is 2. The maximum atomic E-state index is 12.4. The summed E-state index contributed by atoms with van der Waals surface area (Å²) in [5.41, 5.74) is 11.3. The first kappa shape index (κ1) is 58.0. The van der Waals surface area contributed by atoms with Gasteiger partial charge in [-0.2, -0.15) is 0 Å². The van der Waals surface area contributed by atoms with Crippen LogP contribution in [0.15, 0.2) is 84.9 Å². The van der Waals surface area contributed by atoms with E-state index in [2.05, 4.69) is 109 Å². The predicted octanol–water partition coefficient (Wildman–Crippen LogP) is 15.6. The molecule has 0 spiro atoms. The van der Waals surface area contributed by atoms with Crippen LogP contribution < -0.4 is 9.47 Å². The Labute approximate surface area is 417 Å². The normalized spacial score (nSPS) is 12.8. The maximum absolute atomic E-state index is 12.4. The summed E-state index contributed by atoms with van der Waals surface area (Å²) >= 11 is 0. The average Bonchev–Trinajstić information content (AvgIpc) is 3.28.